The molecule has 0 spiro atoms. The van der Waals surface area contributed by atoms with Crippen molar-refractivity contribution in [1.29, 1.82) is 0 Å². The molecule has 1 aliphatic rings. The third-order valence-electron chi connectivity index (χ3n) is 3.89. The molecule has 1 unspecified atom stereocenters. The van der Waals surface area contributed by atoms with Gasteiger partial charge in [0.1, 0.15) is 5.82 Å². The smallest absolute Gasteiger partial charge is 0.128 e. The number of nitrogens with zero attached hydrogens (tertiary/aromatic N) is 3. The average molecular weight is 248 g/mol. The minimum absolute atomic E-state index is 0.0557. The van der Waals surface area contributed by atoms with Crippen LogP contribution in [-0.2, 0) is 0 Å². The van der Waals surface area contributed by atoms with E-state index in [1.165, 1.54) is 25.9 Å². The summed E-state index contributed by atoms with van der Waals surface area (Å²) in [5, 5.41) is 0. The fourth-order valence-electron chi connectivity index (χ4n) is 2.44. The van der Waals surface area contributed by atoms with E-state index in [1.807, 2.05) is 13.1 Å². The van der Waals surface area contributed by atoms with Crippen LogP contribution in [0.1, 0.15) is 31.4 Å². The van der Waals surface area contributed by atoms with Gasteiger partial charge in [0.05, 0.1) is 0 Å². The maximum atomic E-state index is 5.84. The second-order valence-electron chi connectivity index (χ2n) is 5.38. The summed E-state index contributed by atoms with van der Waals surface area (Å²) in [5.41, 5.74) is 6.93. The van der Waals surface area contributed by atoms with E-state index in [9.17, 15) is 0 Å². The zero-order chi connectivity index (χ0) is 13.1. The topological polar surface area (TPSA) is 45.4 Å². The molecule has 100 valence electrons. The first-order valence-corrected chi connectivity index (χ1v) is 6.71. The second-order valence-corrected chi connectivity index (χ2v) is 5.38. The summed E-state index contributed by atoms with van der Waals surface area (Å²) < 4.78 is 0. The van der Waals surface area contributed by atoms with Crippen LogP contribution in [-0.4, -0.2) is 43.1 Å². The molecular weight excluding hydrogens is 224 g/mol. The highest BCUT2D eigenvalue weighted by molar-refractivity contribution is 5.40. The van der Waals surface area contributed by atoms with E-state index in [4.69, 9.17) is 5.73 Å². The largest absolute Gasteiger partial charge is 0.357 e. The molecule has 4 heteroatoms. The van der Waals surface area contributed by atoms with Crippen molar-refractivity contribution in [3.8, 4) is 0 Å². The quantitative estimate of drug-likeness (QED) is 0.883. The van der Waals surface area contributed by atoms with Crippen LogP contribution < -0.4 is 10.6 Å². The van der Waals surface area contributed by atoms with Crippen molar-refractivity contribution in [2.45, 2.75) is 31.8 Å². The Hall–Kier alpha value is -1.13. The number of rotatable bonds is 3. The van der Waals surface area contributed by atoms with Gasteiger partial charge in [0, 0.05) is 25.3 Å². The van der Waals surface area contributed by atoms with Crippen molar-refractivity contribution < 1.29 is 0 Å². The molecule has 1 aromatic rings. The number of aromatic nitrogens is 1. The van der Waals surface area contributed by atoms with Gasteiger partial charge in [0.25, 0.3) is 0 Å². The molecular formula is C14H24N4. The summed E-state index contributed by atoms with van der Waals surface area (Å²) >= 11 is 0. The number of hydrogen-bond donors (Lipinski definition) is 1. The Morgan fingerprint density at radius 1 is 1.39 bits per heavy atom. The van der Waals surface area contributed by atoms with Gasteiger partial charge in [-0.3, -0.25) is 0 Å². The van der Waals surface area contributed by atoms with E-state index in [1.54, 1.807) is 0 Å². The Labute approximate surface area is 110 Å². The number of nitrogens with two attached hydrogens (primary N) is 1. The minimum Gasteiger partial charge on any atom is -0.357 e. The maximum absolute atomic E-state index is 5.84. The number of anilines is 1. The highest BCUT2D eigenvalue weighted by Crippen LogP contribution is 2.20. The average Bonchev–Trinajstić information content (AvgIpc) is 2.39. The van der Waals surface area contributed by atoms with Crippen molar-refractivity contribution >= 4 is 5.82 Å². The first kappa shape index (κ1) is 13.3. The van der Waals surface area contributed by atoms with Crippen LogP contribution in [0.2, 0.25) is 0 Å². The standard InChI is InChI=1S/C14H24N4/c1-11(15)12-4-5-14(16-10-12)18(3)13-6-8-17(2)9-7-13/h4-5,10-11,13H,6-9,15H2,1-3H3. The van der Waals surface area contributed by atoms with Crippen LogP contribution in [0, 0.1) is 0 Å². The number of piperidine rings is 1. The fraction of sp³-hybridized carbons (Fsp3) is 0.643. The molecule has 2 heterocycles. The van der Waals surface area contributed by atoms with E-state index < -0.39 is 0 Å². The molecule has 1 atom stereocenters. The highest BCUT2D eigenvalue weighted by Gasteiger charge is 2.21. The van der Waals surface area contributed by atoms with Crippen LogP contribution in [0.25, 0.3) is 0 Å². The van der Waals surface area contributed by atoms with E-state index in [0.717, 1.165) is 11.4 Å². The van der Waals surface area contributed by atoms with Crippen molar-refractivity contribution in [3.63, 3.8) is 0 Å². The first-order valence-electron chi connectivity index (χ1n) is 6.71. The Bertz CT molecular complexity index is 366. The van der Waals surface area contributed by atoms with E-state index >= 15 is 0 Å². The van der Waals surface area contributed by atoms with E-state index in [-0.39, 0.29) is 6.04 Å². The molecule has 1 aliphatic heterocycles. The summed E-state index contributed by atoms with van der Waals surface area (Å²) in [7, 11) is 4.33. The monoisotopic (exact) mass is 248 g/mol. The molecule has 0 radical (unpaired) electrons. The zero-order valence-corrected chi connectivity index (χ0v) is 11.6. The van der Waals surface area contributed by atoms with Crippen LogP contribution >= 0.6 is 0 Å². The first-order chi connectivity index (χ1) is 8.58. The molecule has 0 saturated carbocycles. The summed E-state index contributed by atoms with van der Waals surface area (Å²) in [6.45, 7) is 4.33. The van der Waals surface area contributed by atoms with Gasteiger partial charge in [-0.15, -0.1) is 0 Å². The van der Waals surface area contributed by atoms with Crippen LogP contribution in [0.15, 0.2) is 18.3 Å². The number of hydrogen-bond acceptors (Lipinski definition) is 4. The Morgan fingerprint density at radius 3 is 2.56 bits per heavy atom. The Morgan fingerprint density at radius 2 is 2.06 bits per heavy atom. The van der Waals surface area contributed by atoms with Gasteiger partial charge in [0.2, 0.25) is 0 Å². The minimum atomic E-state index is 0.0557. The van der Waals surface area contributed by atoms with Gasteiger partial charge in [0.15, 0.2) is 0 Å². The van der Waals surface area contributed by atoms with Gasteiger partial charge in [-0.2, -0.15) is 0 Å². The third-order valence-corrected chi connectivity index (χ3v) is 3.89. The summed E-state index contributed by atoms with van der Waals surface area (Å²) in [6, 6.07) is 4.82. The second kappa shape index (κ2) is 5.67. The predicted octanol–water partition coefficient (Wildman–Crippen LogP) is 1.63. The lowest BCUT2D eigenvalue weighted by Gasteiger charge is -2.35. The van der Waals surface area contributed by atoms with Crippen LogP contribution in [0.3, 0.4) is 0 Å². The fourth-order valence-corrected chi connectivity index (χ4v) is 2.44. The molecule has 18 heavy (non-hydrogen) atoms. The van der Waals surface area contributed by atoms with Crippen molar-refractivity contribution in [3.05, 3.63) is 23.9 Å². The van der Waals surface area contributed by atoms with Crippen LogP contribution in [0.5, 0.6) is 0 Å². The maximum Gasteiger partial charge on any atom is 0.128 e. The molecule has 4 nitrogen and oxygen atoms in total. The summed E-state index contributed by atoms with van der Waals surface area (Å²) in [5.74, 6) is 1.05. The highest BCUT2D eigenvalue weighted by atomic mass is 15.2. The van der Waals surface area contributed by atoms with Gasteiger partial charge >= 0.3 is 0 Å². The summed E-state index contributed by atoms with van der Waals surface area (Å²) in [6.07, 6.45) is 4.32. The molecule has 0 bridgehead atoms. The molecule has 0 amide bonds. The molecule has 2 N–H and O–H groups in total. The van der Waals surface area contributed by atoms with Crippen molar-refractivity contribution in [2.75, 3.05) is 32.1 Å². The van der Waals surface area contributed by atoms with E-state index in [0.29, 0.717) is 6.04 Å². The number of pyridine rings is 1. The van der Waals surface area contributed by atoms with Gasteiger partial charge < -0.3 is 15.5 Å². The van der Waals surface area contributed by atoms with Gasteiger partial charge in [-0.05, 0) is 51.5 Å². The molecule has 2 rings (SSSR count). The van der Waals surface area contributed by atoms with Gasteiger partial charge in [-0.25, -0.2) is 4.98 Å². The molecule has 1 fully saturated rings. The normalized spacial score (nSPS) is 19.8. The number of likely N-dealkylation sites (tertiary alicyclic amines) is 1. The third kappa shape index (κ3) is 3.00. The van der Waals surface area contributed by atoms with Crippen LogP contribution in [0.4, 0.5) is 5.82 Å². The molecule has 0 aliphatic carbocycles. The Kier molecular flexibility index (Phi) is 4.19. The molecule has 1 aromatic heterocycles. The lowest BCUT2D eigenvalue weighted by atomic mass is 10.0. The molecule has 0 aromatic carbocycles. The Balaban J connectivity index is 2.02. The molecule has 1 saturated heterocycles. The lowest BCUT2D eigenvalue weighted by Crippen LogP contribution is -2.42. The summed E-state index contributed by atoms with van der Waals surface area (Å²) in [4.78, 5) is 9.22. The zero-order valence-electron chi connectivity index (χ0n) is 11.6. The lowest BCUT2D eigenvalue weighted by molar-refractivity contribution is 0.252. The predicted molar refractivity (Wildman–Crippen MR) is 75.8 cm³/mol. The van der Waals surface area contributed by atoms with Gasteiger partial charge in [-0.1, -0.05) is 6.07 Å². The SMILES string of the molecule is CC(N)c1ccc(N(C)C2CCN(C)CC2)nc1. The van der Waals surface area contributed by atoms with Crippen molar-refractivity contribution in [2.24, 2.45) is 5.73 Å². The van der Waals surface area contributed by atoms with Crippen molar-refractivity contribution in [1.82, 2.24) is 9.88 Å². The van der Waals surface area contributed by atoms with E-state index in [2.05, 4.69) is 41.0 Å².